The van der Waals surface area contributed by atoms with Crippen LogP contribution in [0.15, 0.2) is 10.7 Å². The maximum absolute atomic E-state index is 4.39. The average molecular weight is 226 g/mol. The fraction of sp³-hybridized carbons (Fsp3) is 0.250. The first-order chi connectivity index (χ1) is 5.68. The van der Waals surface area contributed by atoms with Crippen molar-refractivity contribution >= 4 is 27.1 Å². The summed E-state index contributed by atoms with van der Waals surface area (Å²) in [6.45, 7) is 3.91. The lowest BCUT2D eigenvalue weighted by molar-refractivity contribution is 1.09. The molecule has 2 rings (SSSR count). The molecule has 0 aliphatic rings. The van der Waals surface area contributed by atoms with Crippen molar-refractivity contribution < 1.29 is 0 Å². The van der Waals surface area contributed by atoms with E-state index in [1.54, 1.807) is 0 Å². The first-order valence-electron chi connectivity index (χ1n) is 3.66. The average Bonchev–Trinajstić information content (AvgIpc) is 2.35. The second-order valence-electron chi connectivity index (χ2n) is 2.73. The minimum atomic E-state index is 0.838. The van der Waals surface area contributed by atoms with Gasteiger partial charge < -0.3 is 4.98 Å². The summed E-state index contributed by atoms with van der Waals surface area (Å²) < 4.78 is 0.966. The van der Waals surface area contributed by atoms with Crippen LogP contribution < -0.4 is 0 Å². The molecule has 0 radical (unpaired) electrons. The molecular formula is C8H8BrN3. The largest absolute Gasteiger partial charge is 0.344 e. The summed E-state index contributed by atoms with van der Waals surface area (Å²) in [5.41, 5.74) is 3.68. The second kappa shape index (κ2) is 2.55. The molecule has 0 amide bonds. The Bertz CT molecular complexity index is 433. The van der Waals surface area contributed by atoms with Gasteiger partial charge in [0, 0.05) is 6.20 Å². The van der Waals surface area contributed by atoms with Gasteiger partial charge in [-0.25, -0.2) is 9.97 Å². The molecule has 62 valence electrons. The Labute approximate surface area is 78.4 Å². The van der Waals surface area contributed by atoms with Crippen LogP contribution in [0.25, 0.3) is 11.2 Å². The molecule has 0 atom stereocenters. The molecule has 0 aliphatic carbocycles. The van der Waals surface area contributed by atoms with Crippen molar-refractivity contribution in [1.29, 1.82) is 0 Å². The van der Waals surface area contributed by atoms with Gasteiger partial charge in [-0.05, 0) is 29.8 Å². The van der Waals surface area contributed by atoms with Gasteiger partial charge in [0.1, 0.15) is 5.52 Å². The lowest BCUT2D eigenvalue weighted by Crippen LogP contribution is -1.91. The highest BCUT2D eigenvalue weighted by molar-refractivity contribution is 9.10. The topological polar surface area (TPSA) is 41.6 Å². The summed E-state index contributed by atoms with van der Waals surface area (Å²) in [4.78, 5) is 11.8. The van der Waals surface area contributed by atoms with Gasteiger partial charge in [-0.2, -0.15) is 0 Å². The first kappa shape index (κ1) is 7.73. The van der Waals surface area contributed by atoms with Crippen molar-refractivity contribution in [2.75, 3.05) is 0 Å². The third-order valence-corrected chi connectivity index (χ3v) is 2.47. The summed E-state index contributed by atoms with van der Waals surface area (Å²) in [5.74, 6) is 0. The Morgan fingerprint density at radius 2 is 1.92 bits per heavy atom. The van der Waals surface area contributed by atoms with E-state index in [1.165, 1.54) is 0 Å². The molecule has 1 N–H and O–H groups in total. The molecule has 0 spiro atoms. The molecule has 0 fully saturated rings. The Kier molecular flexibility index (Phi) is 1.65. The smallest absolute Gasteiger partial charge is 0.157 e. The highest BCUT2D eigenvalue weighted by Crippen LogP contribution is 2.20. The number of rotatable bonds is 0. The molecule has 2 aromatic heterocycles. The molecule has 0 bridgehead atoms. The van der Waals surface area contributed by atoms with Crippen LogP contribution >= 0.6 is 15.9 Å². The van der Waals surface area contributed by atoms with Crippen LogP contribution in [-0.4, -0.2) is 15.0 Å². The number of aryl methyl sites for hydroxylation is 2. The van der Waals surface area contributed by atoms with Crippen LogP contribution in [0.3, 0.4) is 0 Å². The van der Waals surface area contributed by atoms with Gasteiger partial charge in [-0.1, -0.05) is 0 Å². The van der Waals surface area contributed by atoms with Crippen molar-refractivity contribution in [3.8, 4) is 0 Å². The minimum absolute atomic E-state index is 0.838. The second-order valence-corrected chi connectivity index (χ2v) is 3.58. The van der Waals surface area contributed by atoms with E-state index in [-0.39, 0.29) is 0 Å². The first-order valence-corrected chi connectivity index (χ1v) is 4.45. The van der Waals surface area contributed by atoms with Crippen LogP contribution in [0, 0.1) is 13.8 Å². The van der Waals surface area contributed by atoms with E-state index in [0.29, 0.717) is 0 Å². The Morgan fingerprint density at radius 3 is 2.67 bits per heavy atom. The van der Waals surface area contributed by atoms with Crippen molar-refractivity contribution in [3.05, 3.63) is 22.1 Å². The maximum Gasteiger partial charge on any atom is 0.157 e. The number of H-pyrrole nitrogens is 1. The number of nitrogens with one attached hydrogen (secondary N) is 1. The van der Waals surface area contributed by atoms with E-state index in [2.05, 4.69) is 30.9 Å². The fourth-order valence-electron chi connectivity index (χ4n) is 1.07. The predicted octanol–water partition coefficient (Wildman–Crippen LogP) is 2.34. The molecule has 2 aromatic rings. The third kappa shape index (κ3) is 1.03. The van der Waals surface area contributed by atoms with Crippen molar-refractivity contribution in [2.45, 2.75) is 13.8 Å². The molecule has 2 heterocycles. The van der Waals surface area contributed by atoms with E-state index >= 15 is 0 Å². The summed E-state index contributed by atoms with van der Waals surface area (Å²) >= 11 is 3.39. The van der Waals surface area contributed by atoms with Crippen molar-refractivity contribution in [3.63, 3.8) is 0 Å². The van der Waals surface area contributed by atoms with Gasteiger partial charge in [-0.3, -0.25) is 0 Å². The van der Waals surface area contributed by atoms with Gasteiger partial charge in [0.15, 0.2) is 5.65 Å². The van der Waals surface area contributed by atoms with E-state index < -0.39 is 0 Å². The molecule has 3 nitrogen and oxygen atoms in total. The van der Waals surface area contributed by atoms with Gasteiger partial charge in [-0.15, -0.1) is 0 Å². The monoisotopic (exact) mass is 225 g/mol. The minimum Gasteiger partial charge on any atom is -0.344 e. The van der Waals surface area contributed by atoms with E-state index in [1.807, 2.05) is 20.0 Å². The number of hydrogen-bond donors (Lipinski definition) is 1. The van der Waals surface area contributed by atoms with Crippen LogP contribution in [0.4, 0.5) is 0 Å². The molecule has 0 aromatic carbocycles. The third-order valence-electron chi connectivity index (χ3n) is 1.87. The standard InChI is InChI=1S/C8H8BrN3/c1-4-5(2)12-8-7(11-4)6(9)3-10-8/h3H,1-2H3,(H,10,12). The summed E-state index contributed by atoms with van der Waals surface area (Å²) in [7, 11) is 0. The van der Waals surface area contributed by atoms with Gasteiger partial charge in [0.25, 0.3) is 0 Å². The lowest BCUT2D eigenvalue weighted by atomic mass is 10.3. The van der Waals surface area contributed by atoms with E-state index in [4.69, 9.17) is 0 Å². The Hall–Kier alpha value is -0.900. The highest BCUT2D eigenvalue weighted by Gasteiger charge is 2.05. The zero-order valence-corrected chi connectivity index (χ0v) is 8.44. The van der Waals surface area contributed by atoms with Gasteiger partial charge in [0.2, 0.25) is 0 Å². The molecule has 4 heteroatoms. The molecule has 0 saturated heterocycles. The van der Waals surface area contributed by atoms with Gasteiger partial charge >= 0.3 is 0 Å². The van der Waals surface area contributed by atoms with Crippen molar-refractivity contribution in [2.24, 2.45) is 0 Å². The highest BCUT2D eigenvalue weighted by atomic mass is 79.9. The normalized spacial score (nSPS) is 10.9. The molecule has 0 aliphatic heterocycles. The quantitative estimate of drug-likeness (QED) is 0.748. The number of aromatic amines is 1. The van der Waals surface area contributed by atoms with Gasteiger partial charge in [0.05, 0.1) is 15.9 Å². The van der Waals surface area contributed by atoms with Crippen LogP contribution in [0.1, 0.15) is 11.4 Å². The maximum atomic E-state index is 4.39. The van der Waals surface area contributed by atoms with E-state index in [9.17, 15) is 0 Å². The van der Waals surface area contributed by atoms with E-state index in [0.717, 1.165) is 27.0 Å². The number of hydrogen-bond acceptors (Lipinski definition) is 2. The van der Waals surface area contributed by atoms with Crippen LogP contribution in [0.2, 0.25) is 0 Å². The summed E-state index contributed by atoms with van der Waals surface area (Å²) in [6.07, 6.45) is 1.85. The number of halogens is 1. The number of fused-ring (bicyclic) bond motifs is 1. The van der Waals surface area contributed by atoms with Crippen LogP contribution in [0.5, 0.6) is 0 Å². The molecule has 12 heavy (non-hydrogen) atoms. The summed E-state index contributed by atoms with van der Waals surface area (Å²) in [6, 6.07) is 0. The molecule has 0 unspecified atom stereocenters. The zero-order chi connectivity index (χ0) is 8.72. The SMILES string of the molecule is Cc1nc2[nH]cc(Br)c2nc1C. The fourth-order valence-corrected chi connectivity index (χ4v) is 1.46. The number of nitrogens with zero attached hydrogens (tertiary/aromatic N) is 2. The predicted molar refractivity (Wildman–Crippen MR) is 51.1 cm³/mol. The Morgan fingerprint density at radius 1 is 1.25 bits per heavy atom. The zero-order valence-electron chi connectivity index (χ0n) is 6.85. The number of aromatic nitrogens is 3. The lowest BCUT2D eigenvalue weighted by Gasteiger charge is -1.97. The Balaban J connectivity index is 2.87. The molecule has 0 saturated carbocycles. The van der Waals surface area contributed by atoms with Crippen molar-refractivity contribution in [1.82, 2.24) is 15.0 Å². The molecular weight excluding hydrogens is 218 g/mol. The summed E-state index contributed by atoms with van der Waals surface area (Å²) in [5, 5.41) is 0. The van der Waals surface area contributed by atoms with Crippen LogP contribution in [-0.2, 0) is 0 Å².